The lowest BCUT2D eigenvalue weighted by atomic mass is 10.2. The average Bonchev–Trinajstić information content (AvgIpc) is 2.23. The zero-order chi connectivity index (χ0) is 11.1. The third-order valence-corrected chi connectivity index (χ3v) is 2.08. The van der Waals surface area contributed by atoms with Gasteiger partial charge in [-0.05, 0) is 37.6 Å². The van der Waals surface area contributed by atoms with E-state index < -0.39 is 11.6 Å². The van der Waals surface area contributed by atoms with E-state index in [9.17, 15) is 8.78 Å². The van der Waals surface area contributed by atoms with Crippen molar-refractivity contribution >= 4 is 0 Å². The predicted octanol–water partition coefficient (Wildman–Crippen LogP) is 1.83. The van der Waals surface area contributed by atoms with Crippen LogP contribution < -0.4 is 5.32 Å². The second-order valence-corrected chi connectivity index (χ2v) is 3.34. The number of hydrogen-bond acceptors (Lipinski definition) is 2. The van der Waals surface area contributed by atoms with E-state index in [-0.39, 0.29) is 6.61 Å². The van der Waals surface area contributed by atoms with Crippen LogP contribution in [0, 0.1) is 11.6 Å². The summed E-state index contributed by atoms with van der Waals surface area (Å²) in [6, 6.07) is 3.42. The van der Waals surface area contributed by atoms with E-state index in [1.165, 1.54) is 6.07 Å². The molecule has 0 aromatic heterocycles. The van der Waals surface area contributed by atoms with E-state index >= 15 is 0 Å². The molecule has 0 aliphatic heterocycles. The van der Waals surface area contributed by atoms with Crippen LogP contribution >= 0.6 is 0 Å². The van der Waals surface area contributed by atoms with Crippen LogP contribution in [0.5, 0.6) is 0 Å². The maximum Gasteiger partial charge on any atom is 0.127 e. The number of halogens is 2. The number of benzene rings is 1. The lowest BCUT2D eigenvalue weighted by Crippen LogP contribution is -2.16. The molecule has 15 heavy (non-hydrogen) atoms. The van der Waals surface area contributed by atoms with Crippen molar-refractivity contribution in [1.82, 2.24) is 5.32 Å². The Kier molecular flexibility index (Phi) is 5.21. The van der Waals surface area contributed by atoms with Gasteiger partial charge in [-0.2, -0.15) is 0 Å². The maximum absolute atomic E-state index is 13.1. The van der Waals surface area contributed by atoms with E-state index in [0.717, 1.165) is 25.0 Å². The molecule has 0 radical (unpaired) electrons. The Morgan fingerprint density at radius 2 is 2.00 bits per heavy atom. The van der Waals surface area contributed by atoms with Crippen molar-refractivity contribution in [3.63, 3.8) is 0 Å². The Morgan fingerprint density at radius 1 is 1.20 bits per heavy atom. The van der Waals surface area contributed by atoms with Gasteiger partial charge in [0.1, 0.15) is 11.6 Å². The second-order valence-electron chi connectivity index (χ2n) is 3.34. The summed E-state index contributed by atoms with van der Waals surface area (Å²) in [6.45, 7) is 1.17. The first-order valence-electron chi connectivity index (χ1n) is 4.99. The molecule has 0 bridgehead atoms. The van der Waals surface area contributed by atoms with Crippen molar-refractivity contribution < 1.29 is 13.9 Å². The van der Waals surface area contributed by atoms with Gasteiger partial charge >= 0.3 is 0 Å². The summed E-state index contributed by atoms with van der Waals surface area (Å²) in [6.07, 6.45) is 1.55. The molecule has 1 aromatic carbocycles. The molecule has 0 amide bonds. The highest BCUT2D eigenvalue weighted by atomic mass is 19.1. The smallest absolute Gasteiger partial charge is 0.127 e. The zero-order valence-electron chi connectivity index (χ0n) is 8.47. The minimum Gasteiger partial charge on any atom is -0.396 e. The first kappa shape index (κ1) is 12.1. The van der Waals surface area contributed by atoms with Crippen molar-refractivity contribution in [2.75, 3.05) is 13.2 Å². The van der Waals surface area contributed by atoms with E-state index in [1.807, 2.05) is 0 Å². The van der Waals surface area contributed by atoms with Gasteiger partial charge in [0.2, 0.25) is 0 Å². The molecule has 0 saturated carbocycles. The third-order valence-electron chi connectivity index (χ3n) is 2.08. The number of aliphatic hydroxyl groups excluding tert-OH is 1. The van der Waals surface area contributed by atoms with Crippen molar-refractivity contribution in [2.24, 2.45) is 0 Å². The summed E-state index contributed by atoms with van der Waals surface area (Å²) in [4.78, 5) is 0. The van der Waals surface area contributed by atoms with Crippen LogP contribution in [0.25, 0.3) is 0 Å². The fourth-order valence-electron chi connectivity index (χ4n) is 1.26. The highest BCUT2D eigenvalue weighted by Crippen LogP contribution is 2.08. The number of nitrogens with one attached hydrogen (secondary N) is 1. The molecule has 0 atom stereocenters. The summed E-state index contributed by atoms with van der Waals surface area (Å²) in [5, 5.41) is 11.5. The summed E-state index contributed by atoms with van der Waals surface area (Å²) in [7, 11) is 0. The fourth-order valence-corrected chi connectivity index (χ4v) is 1.26. The van der Waals surface area contributed by atoms with Gasteiger partial charge in [0.25, 0.3) is 0 Å². The van der Waals surface area contributed by atoms with Crippen LogP contribution in [0.2, 0.25) is 0 Å². The van der Waals surface area contributed by atoms with Crippen LogP contribution in [0.3, 0.4) is 0 Å². The van der Waals surface area contributed by atoms with Crippen LogP contribution in [0.15, 0.2) is 18.2 Å². The largest absolute Gasteiger partial charge is 0.396 e. The van der Waals surface area contributed by atoms with Crippen molar-refractivity contribution in [2.45, 2.75) is 19.4 Å². The molecule has 1 aromatic rings. The van der Waals surface area contributed by atoms with Crippen molar-refractivity contribution in [1.29, 1.82) is 0 Å². The molecule has 0 unspecified atom stereocenters. The summed E-state index contributed by atoms with van der Waals surface area (Å²) in [5.74, 6) is -0.824. The van der Waals surface area contributed by atoms with Crippen molar-refractivity contribution in [3.8, 4) is 0 Å². The Morgan fingerprint density at radius 3 is 2.73 bits per heavy atom. The van der Waals surface area contributed by atoms with Crippen molar-refractivity contribution in [3.05, 3.63) is 35.4 Å². The molecule has 0 aliphatic rings. The third kappa shape index (κ3) is 4.36. The SMILES string of the molecule is OCCCCNCc1cc(F)ccc1F. The first-order valence-corrected chi connectivity index (χ1v) is 4.99. The van der Waals surface area contributed by atoms with Gasteiger partial charge < -0.3 is 10.4 Å². The molecule has 2 N–H and O–H groups in total. The predicted molar refractivity (Wildman–Crippen MR) is 54.4 cm³/mol. The van der Waals surface area contributed by atoms with Gasteiger partial charge in [0.05, 0.1) is 0 Å². The molecule has 0 saturated heterocycles. The Hall–Kier alpha value is -1.00. The Bertz CT molecular complexity index is 305. The molecule has 0 aliphatic carbocycles. The normalized spacial score (nSPS) is 10.6. The second kappa shape index (κ2) is 6.48. The number of unbranched alkanes of at least 4 members (excludes halogenated alkanes) is 1. The topological polar surface area (TPSA) is 32.3 Å². The van der Waals surface area contributed by atoms with Crippen LogP contribution in [0.1, 0.15) is 18.4 Å². The molecule has 0 heterocycles. The van der Waals surface area contributed by atoms with Gasteiger partial charge in [-0.1, -0.05) is 0 Å². The lowest BCUT2D eigenvalue weighted by molar-refractivity contribution is 0.283. The molecule has 84 valence electrons. The van der Waals surface area contributed by atoms with Crippen LogP contribution in [-0.4, -0.2) is 18.3 Å². The van der Waals surface area contributed by atoms with Crippen LogP contribution in [0.4, 0.5) is 8.78 Å². The molecular weight excluding hydrogens is 200 g/mol. The number of rotatable bonds is 6. The monoisotopic (exact) mass is 215 g/mol. The lowest BCUT2D eigenvalue weighted by Gasteiger charge is -2.05. The molecule has 1 rings (SSSR count). The van der Waals surface area contributed by atoms with E-state index in [4.69, 9.17) is 5.11 Å². The van der Waals surface area contributed by atoms with E-state index in [1.54, 1.807) is 0 Å². The number of hydrogen-bond donors (Lipinski definition) is 2. The van der Waals surface area contributed by atoms with Gasteiger partial charge in [-0.3, -0.25) is 0 Å². The maximum atomic E-state index is 13.1. The van der Waals surface area contributed by atoms with E-state index in [0.29, 0.717) is 18.7 Å². The minimum atomic E-state index is -0.427. The van der Waals surface area contributed by atoms with Gasteiger partial charge in [0, 0.05) is 18.7 Å². The molecule has 0 fully saturated rings. The highest BCUT2D eigenvalue weighted by molar-refractivity contribution is 5.18. The molecule has 4 heteroatoms. The quantitative estimate of drug-likeness (QED) is 0.709. The average molecular weight is 215 g/mol. The standard InChI is InChI=1S/C11H15F2NO/c12-10-3-4-11(13)9(7-10)8-14-5-1-2-6-15/h3-4,7,14-15H,1-2,5-6,8H2. The fraction of sp³-hybridized carbons (Fsp3) is 0.455. The Labute approximate surface area is 87.9 Å². The van der Waals surface area contributed by atoms with Gasteiger partial charge in [0.15, 0.2) is 0 Å². The first-order chi connectivity index (χ1) is 7.24. The highest BCUT2D eigenvalue weighted by Gasteiger charge is 2.02. The molecule has 0 spiro atoms. The summed E-state index contributed by atoms with van der Waals surface area (Å²) < 4.78 is 25.8. The van der Waals surface area contributed by atoms with Crippen LogP contribution in [-0.2, 0) is 6.54 Å². The minimum absolute atomic E-state index is 0.163. The Balaban J connectivity index is 2.33. The number of aliphatic hydroxyl groups is 1. The molecule has 2 nitrogen and oxygen atoms in total. The van der Waals surface area contributed by atoms with Gasteiger partial charge in [-0.25, -0.2) is 8.78 Å². The van der Waals surface area contributed by atoms with Gasteiger partial charge in [-0.15, -0.1) is 0 Å². The van der Waals surface area contributed by atoms with E-state index in [2.05, 4.69) is 5.32 Å². The molecular formula is C11H15F2NO. The zero-order valence-corrected chi connectivity index (χ0v) is 8.47. The summed E-state index contributed by atoms with van der Waals surface area (Å²) in [5.41, 5.74) is 0.332. The summed E-state index contributed by atoms with van der Waals surface area (Å²) >= 11 is 0.